The quantitative estimate of drug-likeness (QED) is 0.913. The molecule has 0 radical (unpaired) electrons. The summed E-state index contributed by atoms with van der Waals surface area (Å²) in [6.45, 7) is 6.33. The van der Waals surface area contributed by atoms with Crippen LogP contribution in [0.5, 0.6) is 0 Å². The fraction of sp³-hybridized carbons (Fsp3) is 0.333. The summed E-state index contributed by atoms with van der Waals surface area (Å²) >= 11 is 0. The summed E-state index contributed by atoms with van der Waals surface area (Å²) in [6.07, 6.45) is 1.56. The van der Waals surface area contributed by atoms with Crippen LogP contribution >= 0.6 is 0 Å². The molecule has 0 saturated carbocycles. The van der Waals surface area contributed by atoms with Crippen molar-refractivity contribution < 1.29 is 0 Å². The molecule has 0 bridgehead atoms. The fourth-order valence-electron chi connectivity index (χ4n) is 2.19. The Labute approximate surface area is 112 Å². The van der Waals surface area contributed by atoms with Crippen LogP contribution < -0.4 is 11.3 Å². The van der Waals surface area contributed by atoms with Crippen LogP contribution in [0.2, 0.25) is 0 Å². The standard InChI is InChI=1S/C15H19N3O/c1-10-4-11(2)6-13(5-10)14(16)8-18-9-17-12(3)7-15(18)19/h4-7,9,14H,8,16H2,1-3H3. The van der Waals surface area contributed by atoms with Gasteiger partial charge in [0.1, 0.15) is 0 Å². The Balaban J connectivity index is 2.25. The summed E-state index contributed by atoms with van der Waals surface area (Å²) in [5.74, 6) is 0. The smallest absolute Gasteiger partial charge is 0.253 e. The predicted molar refractivity (Wildman–Crippen MR) is 76.1 cm³/mol. The zero-order valence-corrected chi connectivity index (χ0v) is 11.6. The van der Waals surface area contributed by atoms with Crippen molar-refractivity contribution in [1.29, 1.82) is 0 Å². The lowest BCUT2D eigenvalue weighted by Gasteiger charge is -2.15. The number of aromatic nitrogens is 2. The molecule has 0 saturated heterocycles. The van der Waals surface area contributed by atoms with Crippen molar-refractivity contribution in [2.75, 3.05) is 0 Å². The Kier molecular flexibility index (Phi) is 3.81. The first-order valence-electron chi connectivity index (χ1n) is 6.32. The number of hydrogen-bond donors (Lipinski definition) is 1. The molecule has 4 nitrogen and oxygen atoms in total. The molecule has 2 rings (SSSR count). The summed E-state index contributed by atoms with van der Waals surface area (Å²) in [6, 6.07) is 7.54. The second kappa shape index (κ2) is 5.36. The van der Waals surface area contributed by atoms with E-state index in [1.807, 2.05) is 13.8 Å². The molecule has 0 spiro atoms. The second-order valence-corrected chi connectivity index (χ2v) is 5.05. The highest BCUT2D eigenvalue weighted by atomic mass is 16.1. The largest absolute Gasteiger partial charge is 0.322 e. The maximum atomic E-state index is 11.8. The van der Waals surface area contributed by atoms with Gasteiger partial charge < -0.3 is 5.73 Å². The topological polar surface area (TPSA) is 60.9 Å². The molecule has 1 unspecified atom stereocenters. The predicted octanol–water partition coefficient (Wildman–Crippen LogP) is 1.87. The zero-order valence-electron chi connectivity index (χ0n) is 11.6. The Hall–Kier alpha value is -1.94. The average molecular weight is 257 g/mol. The monoisotopic (exact) mass is 257 g/mol. The molecule has 1 aromatic carbocycles. The van der Waals surface area contributed by atoms with Gasteiger partial charge in [0.05, 0.1) is 6.33 Å². The van der Waals surface area contributed by atoms with Crippen molar-refractivity contribution in [2.45, 2.75) is 33.4 Å². The van der Waals surface area contributed by atoms with Gasteiger partial charge in [-0.3, -0.25) is 9.36 Å². The molecule has 0 aliphatic rings. The normalized spacial score (nSPS) is 12.4. The van der Waals surface area contributed by atoms with E-state index in [1.165, 1.54) is 17.2 Å². The molecular weight excluding hydrogens is 238 g/mol. The van der Waals surface area contributed by atoms with Crippen LogP contribution in [-0.4, -0.2) is 9.55 Å². The van der Waals surface area contributed by atoms with Crippen molar-refractivity contribution in [3.63, 3.8) is 0 Å². The van der Waals surface area contributed by atoms with Crippen LogP contribution in [0.25, 0.3) is 0 Å². The molecule has 1 aromatic heterocycles. The Morgan fingerprint density at radius 2 is 1.79 bits per heavy atom. The zero-order chi connectivity index (χ0) is 14.0. The molecule has 2 aromatic rings. The maximum Gasteiger partial charge on any atom is 0.253 e. The van der Waals surface area contributed by atoms with Crippen LogP contribution in [0, 0.1) is 20.8 Å². The highest BCUT2D eigenvalue weighted by Gasteiger charge is 2.09. The molecule has 2 N–H and O–H groups in total. The molecule has 0 aliphatic heterocycles. The highest BCUT2D eigenvalue weighted by Crippen LogP contribution is 2.16. The first-order valence-corrected chi connectivity index (χ1v) is 6.32. The molecule has 0 aliphatic carbocycles. The van der Waals surface area contributed by atoms with Crippen molar-refractivity contribution >= 4 is 0 Å². The van der Waals surface area contributed by atoms with Gasteiger partial charge in [0.25, 0.3) is 5.56 Å². The summed E-state index contributed by atoms with van der Waals surface area (Å²) in [4.78, 5) is 15.9. The fourth-order valence-corrected chi connectivity index (χ4v) is 2.19. The molecule has 1 heterocycles. The van der Waals surface area contributed by atoms with Crippen LogP contribution in [0.3, 0.4) is 0 Å². The number of nitrogens with zero attached hydrogens (tertiary/aromatic N) is 2. The summed E-state index contributed by atoms with van der Waals surface area (Å²) < 4.78 is 1.55. The van der Waals surface area contributed by atoms with Crippen LogP contribution in [0.4, 0.5) is 0 Å². The Morgan fingerprint density at radius 1 is 1.16 bits per heavy atom. The van der Waals surface area contributed by atoms with Gasteiger partial charge in [-0.05, 0) is 26.3 Å². The minimum Gasteiger partial charge on any atom is -0.322 e. The van der Waals surface area contributed by atoms with Crippen molar-refractivity contribution in [2.24, 2.45) is 5.73 Å². The van der Waals surface area contributed by atoms with Gasteiger partial charge >= 0.3 is 0 Å². The number of nitrogens with two attached hydrogens (primary N) is 1. The van der Waals surface area contributed by atoms with Crippen LogP contribution in [-0.2, 0) is 6.54 Å². The lowest BCUT2D eigenvalue weighted by atomic mass is 10.0. The second-order valence-electron chi connectivity index (χ2n) is 5.05. The number of aryl methyl sites for hydroxylation is 3. The third-order valence-corrected chi connectivity index (χ3v) is 3.08. The van der Waals surface area contributed by atoms with Gasteiger partial charge in [0, 0.05) is 24.3 Å². The first kappa shape index (κ1) is 13.5. The molecule has 0 fully saturated rings. The molecule has 100 valence electrons. The van der Waals surface area contributed by atoms with E-state index in [0.29, 0.717) is 6.54 Å². The molecule has 4 heteroatoms. The highest BCUT2D eigenvalue weighted by molar-refractivity contribution is 5.30. The van der Waals surface area contributed by atoms with Gasteiger partial charge in [-0.2, -0.15) is 0 Å². The van der Waals surface area contributed by atoms with E-state index in [0.717, 1.165) is 11.3 Å². The maximum absolute atomic E-state index is 11.8. The van der Waals surface area contributed by atoms with Gasteiger partial charge in [-0.25, -0.2) is 4.98 Å². The van der Waals surface area contributed by atoms with E-state index in [2.05, 4.69) is 23.2 Å². The van der Waals surface area contributed by atoms with E-state index in [9.17, 15) is 4.79 Å². The van der Waals surface area contributed by atoms with Gasteiger partial charge in [0.2, 0.25) is 0 Å². The number of hydrogen-bond acceptors (Lipinski definition) is 3. The van der Waals surface area contributed by atoms with E-state index in [-0.39, 0.29) is 11.6 Å². The van der Waals surface area contributed by atoms with Crippen molar-refractivity contribution in [1.82, 2.24) is 9.55 Å². The minimum atomic E-state index is -0.208. The Morgan fingerprint density at radius 3 is 2.37 bits per heavy atom. The number of benzene rings is 1. The molecule has 1 atom stereocenters. The molecular formula is C15H19N3O. The summed E-state index contributed by atoms with van der Waals surface area (Å²) in [5.41, 5.74) is 10.3. The van der Waals surface area contributed by atoms with Crippen molar-refractivity contribution in [3.8, 4) is 0 Å². The lowest BCUT2D eigenvalue weighted by molar-refractivity contribution is 0.552. The van der Waals surface area contributed by atoms with Crippen molar-refractivity contribution in [3.05, 3.63) is 63.3 Å². The van der Waals surface area contributed by atoms with E-state index in [1.54, 1.807) is 17.8 Å². The molecule has 0 amide bonds. The third kappa shape index (κ3) is 3.29. The minimum absolute atomic E-state index is 0.0627. The van der Waals surface area contributed by atoms with Gasteiger partial charge in [0.15, 0.2) is 0 Å². The summed E-state index contributed by atoms with van der Waals surface area (Å²) in [7, 11) is 0. The first-order chi connectivity index (χ1) is 8.95. The number of rotatable bonds is 3. The van der Waals surface area contributed by atoms with E-state index < -0.39 is 0 Å². The van der Waals surface area contributed by atoms with Gasteiger partial charge in [-0.1, -0.05) is 29.3 Å². The van der Waals surface area contributed by atoms with E-state index >= 15 is 0 Å². The average Bonchev–Trinajstić information content (AvgIpc) is 2.31. The lowest BCUT2D eigenvalue weighted by Crippen LogP contribution is -2.26. The summed E-state index contributed by atoms with van der Waals surface area (Å²) in [5, 5.41) is 0. The van der Waals surface area contributed by atoms with Crippen LogP contribution in [0.15, 0.2) is 35.4 Å². The van der Waals surface area contributed by atoms with Gasteiger partial charge in [-0.15, -0.1) is 0 Å². The Bertz CT molecular complexity index is 626. The third-order valence-electron chi connectivity index (χ3n) is 3.08. The van der Waals surface area contributed by atoms with Crippen LogP contribution in [0.1, 0.15) is 28.4 Å². The van der Waals surface area contributed by atoms with E-state index in [4.69, 9.17) is 5.73 Å². The molecule has 19 heavy (non-hydrogen) atoms. The SMILES string of the molecule is Cc1cc(C)cc(C(N)Cn2cnc(C)cc2=O)c1.